The van der Waals surface area contributed by atoms with E-state index >= 15 is 0 Å². The first kappa shape index (κ1) is 21.8. The number of ether oxygens (including phenoxy) is 1. The Kier molecular flexibility index (Phi) is 5.84. The molecule has 8 heteroatoms. The second-order valence-corrected chi connectivity index (χ2v) is 7.88. The van der Waals surface area contributed by atoms with E-state index in [1.54, 1.807) is 24.4 Å². The van der Waals surface area contributed by atoms with Gasteiger partial charge in [0.25, 0.3) is 5.56 Å². The molecule has 4 aromatic rings. The molecule has 2 aromatic heterocycles. The van der Waals surface area contributed by atoms with Gasteiger partial charge in [0.15, 0.2) is 0 Å². The Hall–Kier alpha value is -3.45. The summed E-state index contributed by atoms with van der Waals surface area (Å²) in [5.74, 6) is -1.81. The van der Waals surface area contributed by atoms with Crippen LogP contribution in [0.2, 0.25) is 5.02 Å². The zero-order chi connectivity index (χ0) is 23.0. The molecular weight excluding hydrogens is 438 g/mol. The third kappa shape index (κ3) is 4.16. The summed E-state index contributed by atoms with van der Waals surface area (Å²) in [4.78, 5) is 24.4. The van der Waals surface area contributed by atoms with Crippen LogP contribution in [-0.2, 0) is 22.6 Å². The van der Waals surface area contributed by atoms with Crippen molar-refractivity contribution < 1.29 is 18.3 Å². The van der Waals surface area contributed by atoms with Gasteiger partial charge >= 0.3 is 5.97 Å². The largest absolute Gasteiger partial charge is 0.468 e. The molecule has 2 heterocycles. The summed E-state index contributed by atoms with van der Waals surface area (Å²) in [5.41, 5.74) is 3.09. The van der Waals surface area contributed by atoms with E-state index in [2.05, 4.69) is 0 Å². The number of esters is 1. The number of benzene rings is 2. The Balaban J connectivity index is 1.86. The van der Waals surface area contributed by atoms with Gasteiger partial charge < -0.3 is 13.9 Å². The van der Waals surface area contributed by atoms with Crippen LogP contribution in [0.4, 0.5) is 8.78 Å². The number of aromatic nitrogens is 2. The fraction of sp³-hybridized carbons (Fsp3) is 0.167. The van der Waals surface area contributed by atoms with Crippen molar-refractivity contribution in [2.45, 2.75) is 20.0 Å². The van der Waals surface area contributed by atoms with E-state index in [9.17, 15) is 18.4 Å². The molecule has 5 nitrogen and oxygen atoms in total. The quantitative estimate of drug-likeness (QED) is 0.400. The van der Waals surface area contributed by atoms with Gasteiger partial charge in [-0.05, 0) is 48.9 Å². The van der Waals surface area contributed by atoms with Crippen LogP contribution in [0.25, 0.3) is 22.0 Å². The van der Waals surface area contributed by atoms with Crippen molar-refractivity contribution in [3.8, 4) is 11.1 Å². The van der Waals surface area contributed by atoms with E-state index in [-0.39, 0.29) is 18.6 Å². The van der Waals surface area contributed by atoms with Gasteiger partial charge in [0.2, 0.25) is 0 Å². The number of pyridine rings is 1. The third-order valence-electron chi connectivity index (χ3n) is 5.35. The van der Waals surface area contributed by atoms with Crippen LogP contribution in [0.1, 0.15) is 11.3 Å². The minimum absolute atomic E-state index is 0.00194. The van der Waals surface area contributed by atoms with E-state index in [1.165, 1.54) is 29.9 Å². The summed E-state index contributed by atoms with van der Waals surface area (Å²) in [6.45, 7) is 1.88. The van der Waals surface area contributed by atoms with Crippen LogP contribution in [0.3, 0.4) is 0 Å². The third-order valence-corrected chi connectivity index (χ3v) is 5.58. The van der Waals surface area contributed by atoms with Gasteiger partial charge in [-0.2, -0.15) is 0 Å². The van der Waals surface area contributed by atoms with Crippen molar-refractivity contribution in [2.75, 3.05) is 7.11 Å². The molecule has 0 radical (unpaired) electrons. The summed E-state index contributed by atoms with van der Waals surface area (Å²) in [6, 6.07) is 11.6. The highest BCUT2D eigenvalue weighted by Crippen LogP contribution is 2.36. The molecule has 0 aliphatic carbocycles. The number of carbonyl (C=O) groups is 1. The molecule has 0 spiro atoms. The maximum Gasteiger partial charge on any atom is 0.325 e. The lowest BCUT2D eigenvalue weighted by molar-refractivity contribution is -0.141. The summed E-state index contributed by atoms with van der Waals surface area (Å²) in [6.07, 6.45) is 1.64. The molecule has 0 aliphatic rings. The Morgan fingerprint density at radius 1 is 1.06 bits per heavy atom. The summed E-state index contributed by atoms with van der Waals surface area (Å²) in [5, 5.41) is 1.33. The fourth-order valence-corrected chi connectivity index (χ4v) is 4.09. The van der Waals surface area contributed by atoms with Crippen molar-refractivity contribution in [1.82, 2.24) is 9.13 Å². The van der Waals surface area contributed by atoms with Crippen molar-refractivity contribution in [2.24, 2.45) is 0 Å². The van der Waals surface area contributed by atoms with Crippen LogP contribution < -0.4 is 5.56 Å². The first-order valence-electron chi connectivity index (χ1n) is 9.78. The maximum absolute atomic E-state index is 13.6. The molecule has 0 unspecified atom stereocenters. The lowest BCUT2D eigenvalue weighted by Gasteiger charge is -2.10. The molecule has 32 heavy (non-hydrogen) atoms. The van der Waals surface area contributed by atoms with Crippen molar-refractivity contribution in [3.05, 3.63) is 93.0 Å². The number of halogens is 3. The van der Waals surface area contributed by atoms with E-state index < -0.39 is 17.6 Å². The molecule has 0 N–H and O–H groups in total. The summed E-state index contributed by atoms with van der Waals surface area (Å²) >= 11 is 6.24. The highest BCUT2D eigenvalue weighted by atomic mass is 35.5. The van der Waals surface area contributed by atoms with Gasteiger partial charge in [0.05, 0.1) is 13.7 Å². The predicted octanol–water partition coefficient (Wildman–Crippen LogP) is 4.93. The second kappa shape index (κ2) is 8.59. The molecule has 164 valence electrons. The molecule has 2 aromatic carbocycles. The molecule has 0 saturated heterocycles. The maximum atomic E-state index is 13.6. The topological polar surface area (TPSA) is 53.2 Å². The zero-order valence-corrected chi connectivity index (χ0v) is 18.1. The minimum Gasteiger partial charge on any atom is -0.468 e. The van der Waals surface area contributed by atoms with E-state index in [1.807, 2.05) is 17.6 Å². The second-order valence-electron chi connectivity index (χ2n) is 7.45. The Morgan fingerprint density at radius 3 is 2.47 bits per heavy atom. The lowest BCUT2D eigenvalue weighted by Crippen LogP contribution is -2.19. The Morgan fingerprint density at radius 2 is 1.78 bits per heavy atom. The normalized spacial score (nSPS) is 11.2. The average Bonchev–Trinajstić information content (AvgIpc) is 2.99. The highest BCUT2D eigenvalue weighted by Gasteiger charge is 2.19. The minimum atomic E-state index is -0.708. The summed E-state index contributed by atoms with van der Waals surface area (Å²) in [7, 11) is 1.33. The van der Waals surface area contributed by atoms with Gasteiger partial charge in [0.1, 0.15) is 18.2 Å². The van der Waals surface area contributed by atoms with Crippen LogP contribution in [0, 0.1) is 18.6 Å². The van der Waals surface area contributed by atoms with Gasteiger partial charge in [-0.1, -0.05) is 11.6 Å². The van der Waals surface area contributed by atoms with Crippen LogP contribution >= 0.6 is 11.6 Å². The van der Waals surface area contributed by atoms with E-state index in [0.29, 0.717) is 16.1 Å². The molecule has 0 fully saturated rings. The number of hydrogen-bond acceptors (Lipinski definition) is 3. The van der Waals surface area contributed by atoms with Crippen molar-refractivity contribution >= 4 is 28.5 Å². The Labute approximate surface area is 187 Å². The molecule has 4 rings (SSSR count). The number of nitrogens with zero attached hydrogens (tertiary/aromatic N) is 2. The van der Waals surface area contributed by atoms with Crippen LogP contribution in [0.5, 0.6) is 0 Å². The molecule has 0 bridgehead atoms. The van der Waals surface area contributed by atoms with Crippen molar-refractivity contribution in [3.63, 3.8) is 0 Å². The average molecular weight is 457 g/mol. The molecule has 0 saturated carbocycles. The highest BCUT2D eigenvalue weighted by molar-refractivity contribution is 6.31. The van der Waals surface area contributed by atoms with Gasteiger partial charge in [0, 0.05) is 51.1 Å². The molecular formula is C24H19ClF2N2O3. The smallest absolute Gasteiger partial charge is 0.325 e. The fourth-order valence-electron chi connectivity index (χ4n) is 3.92. The zero-order valence-electron chi connectivity index (χ0n) is 17.4. The van der Waals surface area contributed by atoms with Gasteiger partial charge in [-0.15, -0.1) is 0 Å². The molecule has 0 aliphatic heterocycles. The molecule has 0 atom stereocenters. The summed E-state index contributed by atoms with van der Waals surface area (Å²) < 4.78 is 35.2. The van der Waals surface area contributed by atoms with Gasteiger partial charge in [-0.25, -0.2) is 8.78 Å². The number of fused-ring (bicyclic) bond motifs is 1. The lowest BCUT2D eigenvalue weighted by atomic mass is 10.0. The monoisotopic (exact) mass is 456 g/mol. The first-order valence-corrected chi connectivity index (χ1v) is 10.2. The van der Waals surface area contributed by atoms with Gasteiger partial charge in [-0.3, -0.25) is 9.59 Å². The number of carbonyl (C=O) groups excluding carboxylic acids is 1. The number of methoxy groups -OCH3 is 1. The SMILES string of the molecule is COC(=O)Cn1c(C)c(-c2ccc(=O)n(Cc3cc(F)cc(F)c3)c2)c2cc(Cl)ccc21. The Bertz CT molecular complexity index is 1390. The van der Waals surface area contributed by atoms with Crippen molar-refractivity contribution in [1.29, 1.82) is 0 Å². The number of rotatable bonds is 5. The standard InChI is InChI=1S/C24H19ClF2N2O3/c1-14-24(20-9-17(25)4-5-21(20)29(14)13-23(31)32-2)16-3-6-22(30)28(12-16)11-15-7-18(26)10-19(27)8-15/h3-10,12H,11,13H2,1-2H3. The van der Waals surface area contributed by atoms with Crippen LogP contribution in [-0.4, -0.2) is 22.2 Å². The van der Waals surface area contributed by atoms with Crippen LogP contribution in [0.15, 0.2) is 59.5 Å². The number of hydrogen-bond donors (Lipinski definition) is 0. The van der Waals surface area contributed by atoms with E-state index in [4.69, 9.17) is 16.3 Å². The molecule has 0 amide bonds. The first-order chi connectivity index (χ1) is 15.3. The van der Waals surface area contributed by atoms with E-state index in [0.717, 1.165) is 28.2 Å². The predicted molar refractivity (Wildman–Crippen MR) is 119 cm³/mol.